The van der Waals surface area contributed by atoms with Crippen molar-refractivity contribution in [3.63, 3.8) is 0 Å². The van der Waals surface area contributed by atoms with Gasteiger partial charge in [-0.2, -0.15) is 0 Å². The second kappa shape index (κ2) is 8.04. The van der Waals surface area contributed by atoms with Gasteiger partial charge in [-0.15, -0.1) is 0 Å². The van der Waals surface area contributed by atoms with Crippen LogP contribution >= 0.6 is 0 Å². The second-order valence-electron chi connectivity index (χ2n) is 5.99. The maximum absolute atomic E-state index is 12.7. The van der Waals surface area contributed by atoms with Gasteiger partial charge in [0.1, 0.15) is 11.5 Å². The van der Waals surface area contributed by atoms with E-state index < -0.39 is 0 Å². The van der Waals surface area contributed by atoms with Crippen molar-refractivity contribution in [2.75, 3.05) is 40.4 Å². The Morgan fingerprint density at radius 3 is 2.25 bits per heavy atom. The maximum atomic E-state index is 12.7. The molecule has 0 aliphatic carbocycles. The summed E-state index contributed by atoms with van der Waals surface area (Å²) in [6, 6.07) is 5.17. The zero-order valence-electron chi connectivity index (χ0n) is 14.9. The summed E-state index contributed by atoms with van der Waals surface area (Å²) >= 11 is 0. The lowest BCUT2D eigenvalue weighted by molar-refractivity contribution is -0.136. The molecule has 24 heavy (non-hydrogen) atoms. The average Bonchev–Trinajstić information content (AvgIpc) is 2.65. The van der Waals surface area contributed by atoms with E-state index in [1.165, 1.54) is 7.11 Å². The highest BCUT2D eigenvalue weighted by Gasteiger charge is 2.28. The second-order valence-corrected chi connectivity index (χ2v) is 5.99. The average molecular weight is 334 g/mol. The standard InChI is InChI=1S/C18H26N2O4/c1-5-13(2)17(21)19-8-10-20(11-9-19)18(22)15-7-6-14(23-3)12-16(15)24-4/h6-7,12-13H,5,8-11H2,1-4H3/t13-/m0/s1. The van der Waals surface area contributed by atoms with Crippen LogP contribution in [0.3, 0.4) is 0 Å². The lowest BCUT2D eigenvalue weighted by Gasteiger charge is -2.36. The Morgan fingerprint density at radius 2 is 1.71 bits per heavy atom. The van der Waals surface area contributed by atoms with Gasteiger partial charge in [0.25, 0.3) is 5.91 Å². The van der Waals surface area contributed by atoms with E-state index in [9.17, 15) is 9.59 Å². The molecule has 1 aliphatic heterocycles. The van der Waals surface area contributed by atoms with Crippen LogP contribution in [0.4, 0.5) is 0 Å². The fourth-order valence-corrected chi connectivity index (χ4v) is 2.76. The maximum Gasteiger partial charge on any atom is 0.257 e. The molecule has 1 saturated heterocycles. The van der Waals surface area contributed by atoms with Crippen molar-refractivity contribution in [1.29, 1.82) is 0 Å². The molecule has 1 aromatic carbocycles. The Balaban J connectivity index is 2.04. The van der Waals surface area contributed by atoms with Crippen LogP contribution in [0.15, 0.2) is 18.2 Å². The van der Waals surface area contributed by atoms with Crippen LogP contribution in [0.2, 0.25) is 0 Å². The first kappa shape index (κ1) is 18.1. The summed E-state index contributed by atoms with van der Waals surface area (Å²) in [7, 11) is 3.11. The first-order valence-electron chi connectivity index (χ1n) is 8.31. The molecule has 1 atom stereocenters. The van der Waals surface area contributed by atoms with Crippen molar-refractivity contribution < 1.29 is 19.1 Å². The third kappa shape index (κ3) is 3.80. The van der Waals surface area contributed by atoms with Gasteiger partial charge in [-0.1, -0.05) is 13.8 Å². The molecule has 0 N–H and O–H groups in total. The molecule has 1 aliphatic rings. The van der Waals surface area contributed by atoms with E-state index in [-0.39, 0.29) is 17.7 Å². The Morgan fingerprint density at radius 1 is 1.08 bits per heavy atom. The number of rotatable bonds is 5. The topological polar surface area (TPSA) is 59.1 Å². The number of hydrogen-bond donors (Lipinski definition) is 0. The van der Waals surface area contributed by atoms with Gasteiger partial charge in [-0.3, -0.25) is 9.59 Å². The van der Waals surface area contributed by atoms with Crippen molar-refractivity contribution in [1.82, 2.24) is 9.80 Å². The molecular weight excluding hydrogens is 308 g/mol. The SMILES string of the molecule is CC[C@H](C)C(=O)N1CCN(C(=O)c2ccc(OC)cc2OC)CC1. The molecule has 0 spiro atoms. The first-order valence-corrected chi connectivity index (χ1v) is 8.31. The van der Waals surface area contributed by atoms with E-state index >= 15 is 0 Å². The molecule has 0 aromatic heterocycles. The zero-order valence-corrected chi connectivity index (χ0v) is 14.9. The largest absolute Gasteiger partial charge is 0.497 e. The molecule has 6 heteroatoms. The number of amides is 2. The molecule has 0 radical (unpaired) electrons. The molecule has 0 bridgehead atoms. The summed E-state index contributed by atoms with van der Waals surface area (Å²) in [5.74, 6) is 1.27. The Hall–Kier alpha value is -2.24. The number of nitrogens with zero attached hydrogens (tertiary/aromatic N) is 2. The lowest BCUT2D eigenvalue weighted by atomic mass is 10.1. The highest BCUT2D eigenvalue weighted by Crippen LogP contribution is 2.26. The molecule has 132 valence electrons. The summed E-state index contributed by atoms with van der Waals surface area (Å²) in [6.07, 6.45) is 0.834. The summed E-state index contributed by atoms with van der Waals surface area (Å²) in [4.78, 5) is 28.6. The van der Waals surface area contributed by atoms with Crippen LogP contribution in [0.1, 0.15) is 30.6 Å². The van der Waals surface area contributed by atoms with Crippen molar-refractivity contribution in [3.8, 4) is 11.5 Å². The molecular formula is C18H26N2O4. The van der Waals surface area contributed by atoms with Gasteiger partial charge in [-0.05, 0) is 18.6 Å². The van der Waals surface area contributed by atoms with E-state index in [2.05, 4.69) is 0 Å². The van der Waals surface area contributed by atoms with Crippen LogP contribution in [-0.4, -0.2) is 62.0 Å². The van der Waals surface area contributed by atoms with Crippen molar-refractivity contribution >= 4 is 11.8 Å². The monoisotopic (exact) mass is 334 g/mol. The van der Waals surface area contributed by atoms with Gasteiger partial charge in [0, 0.05) is 38.2 Å². The number of piperazine rings is 1. The quantitative estimate of drug-likeness (QED) is 0.827. The number of ether oxygens (including phenoxy) is 2. The van der Waals surface area contributed by atoms with Gasteiger partial charge in [0.05, 0.1) is 19.8 Å². The minimum absolute atomic E-state index is 0.0360. The summed E-state index contributed by atoms with van der Waals surface area (Å²) < 4.78 is 10.5. The third-order valence-electron chi connectivity index (χ3n) is 4.55. The van der Waals surface area contributed by atoms with Gasteiger partial charge < -0.3 is 19.3 Å². The molecule has 1 aromatic rings. The molecule has 6 nitrogen and oxygen atoms in total. The number of methoxy groups -OCH3 is 2. The lowest BCUT2D eigenvalue weighted by Crippen LogP contribution is -2.51. The highest BCUT2D eigenvalue weighted by molar-refractivity contribution is 5.97. The normalized spacial score (nSPS) is 15.8. The van der Waals surface area contributed by atoms with Crippen LogP contribution in [-0.2, 0) is 4.79 Å². The molecule has 2 amide bonds. The minimum Gasteiger partial charge on any atom is -0.497 e. The van der Waals surface area contributed by atoms with Gasteiger partial charge in [0.15, 0.2) is 0 Å². The molecule has 2 rings (SSSR count). The number of carbonyl (C=O) groups is 2. The molecule has 0 unspecified atom stereocenters. The van der Waals surface area contributed by atoms with E-state index in [0.29, 0.717) is 43.2 Å². The van der Waals surface area contributed by atoms with E-state index in [1.807, 2.05) is 18.7 Å². The van der Waals surface area contributed by atoms with Crippen molar-refractivity contribution in [3.05, 3.63) is 23.8 Å². The van der Waals surface area contributed by atoms with Crippen molar-refractivity contribution in [2.45, 2.75) is 20.3 Å². The number of benzene rings is 1. The Kier molecular flexibility index (Phi) is 6.06. The first-order chi connectivity index (χ1) is 11.5. The smallest absolute Gasteiger partial charge is 0.257 e. The van der Waals surface area contributed by atoms with Crippen molar-refractivity contribution in [2.24, 2.45) is 5.92 Å². The predicted octanol–water partition coefficient (Wildman–Crippen LogP) is 2.03. The highest BCUT2D eigenvalue weighted by atomic mass is 16.5. The zero-order chi connectivity index (χ0) is 17.7. The minimum atomic E-state index is -0.0786. The van der Waals surface area contributed by atoms with Gasteiger partial charge in [-0.25, -0.2) is 0 Å². The fraction of sp³-hybridized carbons (Fsp3) is 0.556. The van der Waals surface area contributed by atoms with E-state index in [1.54, 1.807) is 30.2 Å². The molecule has 1 fully saturated rings. The molecule has 1 heterocycles. The summed E-state index contributed by atoms with van der Waals surface area (Å²) in [5, 5.41) is 0. The van der Waals surface area contributed by atoms with E-state index in [4.69, 9.17) is 9.47 Å². The Labute approximate surface area is 143 Å². The van der Waals surface area contributed by atoms with Crippen LogP contribution in [0, 0.1) is 5.92 Å². The van der Waals surface area contributed by atoms with E-state index in [0.717, 1.165) is 6.42 Å². The van der Waals surface area contributed by atoms with Gasteiger partial charge in [0.2, 0.25) is 5.91 Å². The number of hydrogen-bond acceptors (Lipinski definition) is 4. The summed E-state index contributed by atoms with van der Waals surface area (Å²) in [5.41, 5.74) is 0.514. The predicted molar refractivity (Wildman–Crippen MR) is 91.5 cm³/mol. The third-order valence-corrected chi connectivity index (χ3v) is 4.55. The Bertz CT molecular complexity index is 595. The number of carbonyl (C=O) groups excluding carboxylic acids is 2. The fourth-order valence-electron chi connectivity index (χ4n) is 2.76. The molecule has 0 saturated carbocycles. The summed E-state index contributed by atoms with van der Waals surface area (Å²) in [6.45, 7) is 6.19. The van der Waals surface area contributed by atoms with Crippen LogP contribution in [0.5, 0.6) is 11.5 Å². The van der Waals surface area contributed by atoms with Crippen LogP contribution in [0.25, 0.3) is 0 Å². The van der Waals surface area contributed by atoms with Crippen LogP contribution < -0.4 is 9.47 Å². The van der Waals surface area contributed by atoms with Gasteiger partial charge >= 0.3 is 0 Å².